The second-order valence-electron chi connectivity index (χ2n) is 3.18. The van der Waals surface area contributed by atoms with Gasteiger partial charge in [-0.2, -0.15) is 0 Å². The van der Waals surface area contributed by atoms with E-state index in [9.17, 15) is 0 Å². The Bertz CT molecular complexity index is 317. The van der Waals surface area contributed by atoms with Crippen LogP contribution in [0, 0.1) is 5.92 Å². The van der Waals surface area contributed by atoms with Gasteiger partial charge >= 0.3 is 0 Å². The van der Waals surface area contributed by atoms with Crippen LogP contribution in [0.3, 0.4) is 0 Å². The van der Waals surface area contributed by atoms with Crippen molar-refractivity contribution in [2.24, 2.45) is 5.92 Å². The molecule has 0 aliphatic heterocycles. The van der Waals surface area contributed by atoms with Crippen molar-refractivity contribution in [3.05, 3.63) is 22.8 Å². The van der Waals surface area contributed by atoms with Gasteiger partial charge in [0.15, 0.2) is 0 Å². The van der Waals surface area contributed by atoms with Gasteiger partial charge in [0.2, 0.25) is 0 Å². The Morgan fingerprint density at radius 1 is 1.42 bits per heavy atom. The molecule has 0 saturated carbocycles. The summed E-state index contributed by atoms with van der Waals surface area (Å²) in [5.74, 6) is 0.697. The lowest BCUT2D eigenvalue weighted by molar-refractivity contribution is 0.637. The maximum absolute atomic E-state index is 3.82. The summed E-state index contributed by atoms with van der Waals surface area (Å²) < 4.78 is 0. The zero-order chi connectivity index (χ0) is 8.97. The average molecular weight is 163 g/mol. The van der Waals surface area contributed by atoms with Gasteiger partial charge in [-0.3, -0.25) is 0 Å². The van der Waals surface area contributed by atoms with Crippen molar-refractivity contribution in [2.45, 2.75) is 26.7 Å². The molecule has 0 amide bonds. The van der Waals surface area contributed by atoms with Crippen molar-refractivity contribution in [2.75, 3.05) is 0 Å². The number of H-pyrrole nitrogens is 1. The molecule has 0 unspecified atom stereocenters. The summed E-state index contributed by atoms with van der Waals surface area (Å²) in [4.78, 5) is 3.21. The SMILES string of the molecule is C=c1cc/c(=C/C(CC)CC)[nH]1. The molecule has 0 aliphatic rings. The topological polar surface area (TPSA) is 15.8 Å². The molecule has 1 heterocycles. The zero-order valence-corrected chi connectivity index (χ0v) is 7.93. The molecule has 66 valence electrons. The van der Waals surface area contributed by atoms with E-state index in [0.717, 1.165) is 5.35 Å². The maximum atomic E-state index is 3.82. The van der Waals surface area contributed by atoms with Crippen molar-refractivity contribution >= 4 is 12.7 Å². The lowest BCUT2D eigenvalue weighted by atomic mass is 10.0. The van der Waals surface area contributed by atoms with Crippen LogP contribution in [0.4, 0.5) is 0 Å². The summed E-state index contributed by atoms with van der Waals surface area (Å²) in [6, 6.07) is 4.09. The highest BCUT2D eigenvalue weighted by Crippen LogP contribution is 2.07. The molecule has 1 rings (SSSR count). The summed E-state index contributed by atoms with van der Waals surface area (Å²) in [6.07, 6.45) is 4.71. The summed E-state index contributed by atoms with van der Waals surface area (Å²) in [5.41, 5.74) is 0. The van der Waals surface area contributed by atoms with Gasteiger partial charge in [0.1, 0.15) is 0 Å². The van der Waals surface area contributed by atoms with Crippen molar-refractivity contribution in [1.82, 2.24) is 4.98 Å². The van der Waals surface area contributed by atoms with Crippen molar-refractivity contribution in [3.8, 4) is 0 Å². The number of aromatic nitrogens is 1. The van der Waals surface area contributed by atoms with Crippen LogP contribution >= 0.6 is 0 Å². The van der Waals surface area contributed by atoms with Gasteiger partial charge in [-0.15, -0.1) is 0 Å². The molecule has 0 saturated heterocycles. The van der Waals surface area contributed by atoms with E-state index < -0.39 is 0 Å². The van der Waals surface area contributed by atoms with E-state index in [-0.39, 0.29) is 0 Å². The van der Waals surface area contributed by atoms with Crippen LogP contribution in [0.15, 0.2) is 12.1 Å². The lowest BCUT2D eigenvalue weighted by Crippen LogP contribution is -2.09. The predicted molar refractivity (Wildman–Crippen MR) is 54.1 cm³/mol. The minimum atomic E-state index is 0.697. The standard InChI is InChI=1S/C11H17N/c1-4-10(5-2)8-11-7-6-9(3)12-11/h6-8,10,12H,3-5H2,1-2H3/b11-8-. The summed E-state index contributed by atoms with van der Waals surface area (Å²) in [5, 5.41) is 2.20. The minimum absolute atomic E-state index is 0.697. The Kier molecular flexibility index (Phi) is 3.15. The molecule has 1 aromatic heterocycles. The van der Waals surface area contributed by atoms with Crippen LogP contribution in [0.2, 0.25) is 0 Å². The van der Waals surface area contributed by atoms with Crippen LogP contribution in [0.25, 0.3) is 12.7 Å². The molecule has 0 aromatic carbocycles. The first kappa shape index (κ1) is 9.11. The first-order valence-corrected chi connectivity index (χ1v) is 4.62. The molecule has 0 fully saturated rings. The number of hydrogen-bond acceptors (Lipinski definition) is 0. The van der Waals surface area contributed by atoms with Crippen LogP contribution < -0.4 is 10.7 Å². The van der Waals surface area contributed by atoms with Gasteiger partial charge in [0.05, 0.1) is 0 Å². The second kappa shape index (κ2) is 4.15. The van der Waals surface area contributed by atoms with Crippen molar-refractivity contribution < 1.29 is 0 Å². The molecule has 0 aliphatic carbocycles. The third kappa shape index (κ3) is 2.26. The smallest absolute Gasteiger partial charge is 0.0347 e. The van der Waals surface area contributed by atoms with Gasteiger partial charge < -0.3 is 4.98 Å². The van der Waals surface area contributed by atoms with Crippen LogP contribution in [0.1, 0.15) is 26.7 Å². The van der Waals surface area contributed by atoms with E-state index in [1.54, 1.807) is 0 Å². The normalized spacial score (nSPS) is 12.8. The van der Waals surface area contributed by atoms with Gasteiger partial charge in [-0.05, 0) is 30.9 Å². The predicted octanol–water partition coefficient (Wildman–Crippen LogP) is 1.64. The van der Waals surface area contributed by atoms with Crippen LogP contribution in [0.5, 0.6) is 0 Å². The Labute approximate surface area is 73.8 Å². The number of rotatable bonds is 3. The molecule has 1 nitrogen and oxygen atoms in total. The first-order valence-electron chi connectivity index (χ1n) is 4.62. The van der Waals surface area contributed by atoms with Gasteiger partial charge in [-0.1, -0.05) is 26.5 Å². The van der Waals surface area contributed by atoms with Gasteiger partial charge in [-0.25, -0.2) is 0 Å². The quantitative estimate of drug-likeness (QED) is 0.697. The second-order valence-corrected chi connectivity index (χ2v) is 3.18. The number of aromatic amines is 1. The van der Waals surface area contributed by atoms with Crippen LogP contribution in [-0.2, 0) is 0 Å². The average Bonchev–Trinajstić information content (AvgIpc) is 2.47. The van der Waals surface area contributed by atoms with Gasteiger partial charge in [0, 0.05) is 10.7 Å². The van der Waals surface area contributed by atoms with Crippen molar-refractivity contribution in [1.29, 1.82) is 0 Å². The minimum Gasteiger partial charge on any atom is -0.356 e. The molecule has 0 bridgehead atoms. The molecule has 12 heavy (non-hydrogen) atoms. The summed E-state index contributed by atoms with van der Waals surface area (Å²) >= 11 is 0. The molecule has 1 aromatic rings. The molecular weight excluding hydrogens is 146 g/mol. The third-order valence-corrected chi connectivity index (χ3v) is 2.23. The summed E-state index contributed by atoms with van der Waals surface area (Å²) in [6.45, 7) is 8.27. The molecule has 0 radical (unpaired) electrons. The van der Waals surface area contributed by atoms with E-state index >= 15 is 0 Å². The van der Waals surface area contributed by atoms with E-state index in [4.69, 9.17) is 0 Å². The fraction of sp³-hybridized carbons (Fsp3) is 0.455. The Morgan fingerprint density at radius 3 is 2.50 bits per heavy atom. The Morgan fingerprint density at radius 2 is 2.08 bits per heavy atom. The number of hydrogen-bond donors (Lipinski definition) is 1. The maximum Gasteiger partial charge on any atom is 0.0347 e. The van der Waals surface area contributed by atoms with Gasteiger partial charge in [0.25, 0.3) is 0 Å². The fourth-order valence-electron chi connectivity index (χ4n) is 1.33. The Hall–Kier alpha value is -0.980. The monoisotopic (exact) mass is 163 g/mol. The highest BCUT2D eigenvalue weighted by molar-refractivity contribution is 5.23. The highest BCUT2D eigenvalue weighted by Gasteiger charge is 1.96. The van der Waals surface area contributed by atoms with Crippen LogP contribution in [-0.4, -0.2) is 4.98 Å². The number of nitrogens with one attached hydrogen (secondary N) is 1. The van der Waals surface area contributed by atoms with E-state index in [1.807, 2.05) is 6.07 Å². The first-order chi connectivity index (χ1) is 5.76. The van der Waals surface area contributed by atoms with E-state index in [2.05, 4.69) is 37.6 Å². The summed E-state index contributed by atoms with van der Waals surface area (Å²) in [7, 11) is 0. The molecule has 1 heteroatoms. The molecule has 1 N–H and O–H groups in total. The highest BCUT2D eigenvalue weighted by atomic mass is 14.7. The Balaban J connectivity index is 2.87. The van der Waals surface area contributed by atoms with Crippen molar-refractivity contribution in [3.63, 3.8) is 0 Å². The zero-order valence-electron chi connectivity index (χ0n) is 7.93. The largest absolute Gasteiger partial charge is 0.356 e. The molecule has 0 atom stereocenters. The molecular formula is C11H17N. The van der Waals surface area contributed by atoms with E-state index in [0.29, 0.717) is 5.92 Å². The van der Waals surface area contributed by atoms with E-state index in [1.165, 1.54) is 18.2 Å². The third-order valence-electron chi connectivity index (χ3n) is 2.23. The lowest BCUT2D eigenvalue weighted by Gasteiger charge is -2.03. The molecule has 0 spiro atoms. The fourth-order valence-corrected chi connectivity index (χ4v) is 1.33.